The quantitative estimate of drug-likeness (QED) is 0.575. The predicted molar refractivity (Wildman–Crippen MR) is 138 cm³/mol. The zero-order chi connectivity index (χ0) is 27.2. The number of hydrogen-bond donors (Lipinski definition) is 0. The third kappa shape index (κ3) is 5.25. The van der Waals surface area contributed by atoms with Crippen LogP contribution >= 0.6 is 0 Å². The first-order valence-corrected chi connectivity index (χ1v) is 13.2. The minimum atomic E-state index is -4.40. The number of halogens is 3. The highest BCUT2D eigenvalue weighted by molar-refractivity contribution is 5.91. The molecule has 0 radical (unpaired) electrons. The van der Waals surface area contributed by atoms with E-state index in [0.717, 1.165) is 38.8 Å². The van der Waals surface area contributed by atoms with Gasteiger partial charge in [-0.15, -0.1) is 0 Å². The molecule has 0 unspecified atom stereocenters. The van der Waals surface area contributed by atoms with E-state index in [9.17, 15) is 22.8 Å². The van der Waals surface area contributed by atoms with E-state index in [4.69, 9.17) is 0 Å². The number of likely N-dealkylation sites (tertiary alicyclic amines) is 1. The largest absolute Gasteiger partial charge is 0.416 e. The number of amides is 2. The van der Waals surface area contributed by atoms with Gasteiger partial charge in [0.05, 0.1) is 23.6 Å². The van der Waals surface area contributed by atoms with Crippen molar-refractivity contribution in [3.05, 3.63) is 41.7 Å². The first-order chi connectivity index (χ1) is 18.0. The minimum Gasteiger partial charge on any atom is -0.372 e. The van der Waals surface area contributed by atoms with Crippen LogP contribution in [0.2, 0.25) is 0 Å². The molecule has 1 aromatic heterocycles. The van der Waals surface area contributed by atoms with Gasteiger partial charge in [-0.05, 0) is 62.3 Å². The summed E-state index contributed by atoms with van der Waals surface area (Å²) < 4.78 is 43.2. The van der Waals surface area contributed by atoms with E-state index >= 15 is 0 Å². The summed E-state index contributed by atoms with van der Waals surface area (Å²) in [5.41, 5.74) is 0.969. The molecular weight excluding hydrogens is 497 g/mol. The highest BCUT2D eigenvalue weighted by Crippen LogP contribution is 2.41. The van der Waals surface area contributed by atoms with Gasteiger partial charge in [0.15, 0.2) is 0 Å². The van der Waals surface area contributed by atoms with Crippen LogP contribution in [-0.2, 0) is 17.5 Å². The summed E-state index contributed by atoms with van der Waals surface area (Å²) >= 11 is 0. The fraction of sp³-hybridized carbons (Fsp3) is 0.593. The molecule has 0 bridgehead atoms. The number of benzene rings is 1. The Balaban J connectivity index is 1.20. The fourth-order valence-corrected chi connectivity index (χ4v) is 6.24. The lowest BCUT2D eigenvalue weighted by molar-refractivity contribution is -0.138. The SMILES string of the molecule is CC(=O)N(C)c1cnn(C(=O)N2C[C@H]3C[C@@H](N(C)Cc4ccc(N5CCCC5)cc4C(F)(F)F)C[C@H]3C2)c1. The van der Waals surface area contributed by atoms with Crippen LogP contribution in [0.3, 0.4) is 0 Å². The number of rotatable bonds is 5. The van der Waals surface area contributed by atoms with Crippen molar-refractivity contribution >= 4 is 23.3 Å². The molecule has 3 aliphatic rings. The Morgan fingerprint density at radius 1 is 1.08 bits per heavy atom. The van der Waals surface area contributed by atoms with Crippen LogP contribution in [0.15, 0.2) is 30.6 Å². The summed E-state index contributed by atoms with van der Waals surface area (Å²) in [6, 6.07) is 4.73. The number of alkyl halides is 3. The van der Waals surface area contributed by atoms with Gasteiger partial charge in [-0.25, -0.2) is 4.79 Å². The number of hydrogen-bond acceptors (Lipinski definition) is 5. The van der Waals surface area contributed by atoms with Crippen LogP contribution in [0.4, 0.5) is 29.3 Å². The molecule has 11 heteroatoms. The molecule has 2 aromatic rings. The maximum atomic E-state index is 14.0. The average Bonchev–Trinajstić information content (AvgIpc) is 3.66. The Kier molecular flexibility index (Phi) is 7.15. The van der Waals surface area contributed by atoms with E-state index in [-0.39, 0.29) is 24.5 Å². The van der Waals surface area contributed by atoms with E-state index in [1.54, 1.807) is 24.2 Å². The maximum absolute atomic E-state index is 14.0. The summed E-state index contributed by atoms with van der Waals surface area (Å²) in [6.07, 6.45) is 2.36. The van der Waals surface area contributed by atoms with Crippen molar-refractivity contribution in [3.63, 3.8) is 0 Å². The van der Waals surface area contributed by atoms with E-state index in [2.05, 4.69) is 5.10 Å². The highest BCUT2D eigenvalue weighted by atomic mass is 19.4. The predicted octanol–water partition coefficient (Wildman–Crippen LogP) is 4.30. The van der Waals surface area contributed by atoms with Gasteiger partial charge in [0.25, 0.3) is 0 Å². The van der Waals surface area contributed by atoms with Gasteiger partial charge in [-0.1, -0.05) is 6.07 Å². The topological polar surface area (TPSA) is 64.9 Å². The second-order valence-electron chi connectivity index (χ2n) is 11.0. The molecule has 5 rings (SSSR count). The van der Waals surface area contributed by atoms with Crippen molar-refractivity contribution in [2.45, 2.75) is 51.4 Å². The number of fused-ring (bicyclic) bond motifs is 1. The Morgan fingerprint density at radius 3 is 2.34 bits per heavy atom. The first-order valence-electron chi connectivity index (χ1n) is 13.2. The molecule has 1 saturated carbocycles. The molecule has 2 amide bonds. The second-order valence-corrected chi connectivity index (χ2v) is 11.0. The zero-order valence-electron chi connectivity index (χ0n) is 22.1. The number of carbonyl (C=O) groups is 2. The lowest BCUT2D eigenvalue weighted by atomic mass is 10.0. The van der Waals surface area contributed by atoms with Crippen LogP contribution in [-0.4, -0.2) is 77.8 Å². The zero-order valence-corrected chi connectivity index (χ0v) is 22.1. The number of carbonyl (C=O) groups excluding carboxylic acids is 2. The van der Waals surface area contributed by atoms with Crippen molar-refractivity contribution in [1.29, 1.82) is 0 Å². The van der Waals surface area contributed by atoms with Crippen molar-refractivity contribution in [1.82, 2.24) is 19.6 Å². The van der Waals surface area contributed by atoms with Crippen molar-refractivity contribution in [2.75, 3.05) is 50.1 Å². The minimum absolute atomic E-state index is 0.146. The number of nitrogens with zero attached hydrogens (tertiary/aromatic N) is 6. The molecule has 1 aliphatic carbocycles. The monoisotopic (exact) mass is 532 g/mol. The van der Waals surface area contributed by atoms with Crippen LogP contribution in [0.25, 0.3) is 0 Å². The van der Waals surface area contributed by atoms with Gasteiger partial charge < -0.3 is 14.7 Å². The Bertz CT molecular complexity index is 1180. The summed E-state index contributed by atoms with van der Waals surface area (Å²) in [7, 11) is 3.53. The summed E-state index contributed by atoms with van der Waals surface area (Å²) in [4.78, 5) is 31.9. The third-order valence-corrected chi connectivity index (χ3v) is 8.53. The fourth-order valence-electron chi connectivity index (χ4n) is 6.24. The third-order valence-electron chi connectivity index (χ3n) is 8.53. The number of aromatic nitrogens is 2. The van der Waals surface area contributed by atoms with Gasteiger partial charge in [0.2, 0.25) is 5.91 Å². The van der Waals surface area contributed by atoms with Crippen LogP contribution in [0.5, 0.6) is 0 Å². The molecule has 2 aliphatic heterocycles. The lowest BCUT2D eigenvalue weighted by Gasteiger charge is -2.28. The molecule has 1 aromatic carbocycles. The molecule has 2 saturated heterocycles. The van der Waals surface area contributed by atoms with Gasteiger partial charge in [0, 0.05) is 58.4 Å². The van der Waals surface area contributed by atoms with Crippen molar-refractivity contribution in [3.8, 4) is 0 Å². The van der Waals surface area contributed by atoms with E-state index in [0.29, 0.717) is 41.9 Å². The summed E-state index contributed by atoms with van der Waals surface area (Å²) in [5, 5.41) is 4.14. The Labute approximate surface area is 221 Å². The average molecular weight is 533 g/mol. The van der Waals surface area contributed by atoms with Crippen molar-refractivity contribution < 1.29 is 22.8 Å². The molecule has 206 valence electrons. The van der Waals surface area contributed by atoms with Gasteiger partial charge >= 0.3 is 12.2 Å². The van der Waals surface area contributed by atoms with Gasteiger partial charge in [-0.3, -0.25) is 9.69 Å². The molecule has 3 heterocycles. The Morgan fingerprint density at radius 2 is 1.74 bits per heavy atom. The normalized spacial score (nSPS) is 23.4. The number of anilines is 2. The molecule has 0 N–H and O–H groups in total. The molecule has 3 fully saturated rings. The van der Waals surface area contributed by atoms with Gasteiger partial charge in [-0.2, -0.15) is 23.0 Å². The summed E-state index contributed by atoms with van der Waals surface area (Å²) in [6.45, 7) is 4.49. The molecule has 8 nitrogen and oxygen atoms in total. The molecule has 0 spiro atoms. The van der Waals surface area contributed by atoms with Crippen LogP contribution in [0.1, 0.15) is 43.7 Å². The van der Waals surface area contributed by atoms with E-state index in [1.165, 1.54) is 28.8 Å². The first kappa shape index (κ1) is 26.5. The smallest absolute Gasteiger partial charge is 0.372 e. The standard InChI is InChI=1S/C27H35F3N6O2/c1-18(37)33(3)24-13-31-36(17-24)26(38)35-15-20-10-23(11-21(20)16-35)32(2)14-19-6-7-22(34-8-4-5-9-34)12-25(19)27(28,29)30/h6-7,12-13,17,20-21,23H,4-5,8-11,14-16H2,1-3H3/t20-,21+,23-. The Hall–Kier alpha value is -3.08. The molecule has 3 atom stereocenters. The maximum Gasteiger partial charge on any atom is 0.416 e. The highest BCUT2D eigenvalue weighted by Gasteiger charge is 2.44. The molecule has 38 heavy (non-hydrogen) atoms. The van der Waals surface area contributed by atoms with Crippen molar-refractivity contribution in [2.24, 2.45) is 11.8 Å². The second kappa shape index (κ2) is 10.2. The molecular formula is C27H35F3N6O2. The van der Waals surface area contributed by atoms with Crippen LogP contribution < -0.4 is 9.80 Å². The van der Waals surface area contributed by atoms with E-state index < -0.39 is 11.7 Å². The summed E-state index contributed by atoms with van der Waals surface area (Å²) in [5.74, 6) is 0.467. The van der Waals surface area contributed by atoms with E-state index in [1.807, 2.05) is 22.9 Å². The van der Waals surface area contributed by atoms with Crippen LogP contribution in [0, 0.1) is 11.8 Å². The van der Waals surface area contributed by atoms with Gasteiger partial charge in [0.1, 0.15) is 0 Å². The lowest BCUT2D eigenvalue weighted by Crippen LogP contribution is -2.36.